The third-order valence-corrected chi connectivity index (χ3v) is 3.79. The minimum absolute atomic E-state index is 0.0305. The van der Waals surface area contributed by atoms with Crippen molar-refractivity contribution in [3.05, 3.63) is 59.4 Å². The van der Waals surface area contributed by atoms with Crippen LogP contribution in [0.15, 0.2) is 46.4 Å². The summed E-state index contributed by atoms with van der Waals surface area (Å²) in [5.41, 5.74) is 0.778. The summed E-state index contributed by atoms with van der Waals surface area (Å²) in [5.74, 6) is -2.04. The van der Waals surface area contributed by atoms with E-state index in [4.69, 9.17) is 0 Å². The first kappa shape index (κ1) is 15.0. The Hall–Kier alpha value is -2.35. The molecular formula is C13H11F2N3O2S. The number of sulfonamides is 1. The quantitative estimate of drug-likeness (QED) is 0.533. The van der Waals surface area contributed by atoms with Crippen molar-refractivity contribution in [2.45, 2.75) is 11.8 Å². The van der Waals surface area contributed by atoms with Crippen molar-refractivity contribution in [3.63, 3.8) is 0 Å². The monoisotopic (exact) mass is 311 g/mol. The molecule has 1 N–H and O–H groups in total. The molecule has 0 atom stereocenters. The Labute approximate surface area is 120 Å². The van der Waals surface area contributed by atoms with Gasteiger partial charge in [-0.25, -0.2) is 4.83 Å². The van der Waals surface area contributed by atoms with Crippen LogP contribution in [-0.2, 0) is 10.0 Å². The highest BCUT2D eigenvalue weighted by Gasteiger charge is 2.12. The maximum absolute atomic E-state index is 13.2. The van der Waals surface area contributed by atoms with E-state index in [0.717, 1.165) is 23.9 Å². The fourth-order valence-corrected chi connectivity index (χ4v) is 2.25. The molecule has 2 rings (SSSR count). The van der Waals surface area contributed by atoms with Crippen molar-refractivity contribution in [2.24, 2.45) is 5.10 Å². The minimum atomic E-state index is -3.83. The van der Waals surface area contributed by atoms with Crippen molar-refractivity contribution in [2.75, 3.05) is 0 Å². The van der Waals surface area contributed by atoms with E-state index >= 15 is 0 Å². The molecule has 2 aromatic rings. The van der Waals surface area contributed by atoms with Gasteiger partial charge in [-0.15, -0.1) is 0 Å². The average Bonchev–Trinajstić information content (AvgIpc) is 2.41. The summed E-state index contributed by atoms with van der Waals surface area (Å²) < 4.78 is 49.6. The van der Waals surface area contributed by atoms with Crippen LogP contribution in [0.3, 0.4) is 0 Å². The van der Waals surface area contributed by atoms with Crippen LogP contribution in [0, 0.1) is 18.8 Å². The Morgan fingerprint density at radius 1 is 1.14 bits per heavy atom. The first-order valence-electron chi connectivity index (χ1n) is 5.82. The molecule has 110 valence electrons. The van der Waals surface area contributed by atoms with Crippen LogP contribution in [0.5, 0.6) is 0 Å². The molecule has 5 nitrogen and oxygen atoms in total. The maximum Gasteiger partial charge on any atom is 0.276 e. The Morgan fingerprint density at radius 2 is 1.81 bits per heavy atom. The molecule has 0 aliphatic carbocycles. The van der Waals surface area contributed by atoms with Crippen LogP contribution in [0.1, 0.15) is 11.1 Å². The predicted molar refractivity (Wildman–Crippen MR) is 73.2 cm³/mol. The second-order valence-corrected chi connectivity index (χ2v) is 5.84. The molecule has 0 unspecified atom stereocenters. The number of hydrogen-bond acceptors (Lipinski definition) is 4. The number of aryl methyl sites for hydroxylation is 1. The number of aromatic nitrogens is 1. The van der Waals surface area contributed by atoms with Crippen molar-refractivity contribution in [1.82, 2.24) is 9.82 Å². The molecule has 0 radical (unpaired) electrons. The topological polar surface area (TPSA) is 71.4 Å². The number of benzene rings is 1. The summed E-state index contributed by atoms with van der Waals surface area (Å²) in [6.07, 6.45) is 0.910. The van der Waals surface area contributed by atoms with E-state index in [2.05, 4.69) is 10.1 Å². The average molecular weight is 311 g/mol. The zero-order valence-corrected chi connectivity index (χ0v) is 11.7. The molecule has 8 heteroatoms. The van der Waals surface area contributed by atoms with Gasteiger partial charge < -0.3 is 0 Å². The van der Waals surface area contributed by atoms with E-state index in [1.54, 1.807) is 12.1 Å². The van der Waals surface area contributed by atoms with Gasteiger partial charge in [0.15, 0.2) is 0 Å². The number of hydrogen-bond donors (Lipinski definition) is 1. The molecule has 21 heavy (non-hydrogen) atoms. The SMILES string of the molecule is Cc1ccc(S(=O)(=O)NN=Cc2ccc(F)nc2F)cc1. The summed E-state index contributed by atoms with van der Waals surface area (Å²) in [6, 6.07) is 8.17. The van der Waals surface area contributed by atoms with E-state index in [9.17, 15) is 17.2 Å². The number of halogens is 2. The van der Waals surface area contributed by atoms with Crippen LogP contribution in [0.4, 0.5) is 8.78 Å². The van der Waals surface area contributed by atoms with E-state index in [0.29, 0.717) is 0 Å². The summed E-state index contributed by atoms with van der Waals surface area (Å²) in [6.45, 7) is 1.83. The Morgan fingerprint density at radius 3 is 2.43 bits per heavy atom. The van der Waals surface area contributed by atoms with Crippen molar-refractivity contribution < 1.29 is 17.2 Å². The van der Waals surface area contributed by atoms with Crippen molar-refractivity contribution in [1.29, 1.82) is 0 Å². The summed E-state index contributed by atoms with van der Waals surface area (Å²) in [7, 11) is -3.83. The first-order valence-corrected chi connectivity index (χ1v) is 7.30. The van der Waals surface area contributed by atoms with Crippen LogP contribution in [-0.4, -0.2) is 19.6 Å². The molecule has 0 amide bonds. The molecule has 0 saturated heterocycles. The highest BCUT2D eigenvalue weighted by molar-refractivity contribution is 7.89. The normalized spacial score (nSPS) is 11.8. The van der Waals surface area contributed by atoms with Gasteiger partial charge in [0, 0.05) is 5.56 Å². The smallest absolute Gasteiger partial charge is 0.200 e. The number of hydrazone groups is 1. The van der Waals surface area contributed by atoms with Gasteiger partial charge in [0.05, 0.1) is 11.1 Å². The van der Waals surface area contributed by atoms with Gasteiger partial charge in [-0.05, 0) is 31.2 Å². The molecule has 0 saturated carbocycles. The summed E-state index contributed by atoms with van der Waals surface area (Å²) in [5, 5.41) is 3.44. The Balaban J connectivity index is 2.14. The van der Waals surface area contributed by atoms with Crippen LogP contribution in [0.25, 0.3) is 0 Å². The highest BCUT2D eigenvalue weighted by atomic mass is 32.2. The van der Waals surface area contributed by atoms with E-state index < -0.39 is 21.9 Å². The molecule has 1 aromatic heterocycles. The zero-order valence-electron chi connectivity index (χ0n) is 10.9. The van der Waals surface area contributed by atoms with Gasteiger partial charge in [-0.1, -0.05) is 17.7 Å². The first-order chi connectivity index (χ1) is 9.88. The molecule has 0 fully saturated rings. The molecule has 1 aromatic carbocycles. The fourth-order valence-electron chi connectivity index (χ4n) is 1.45. The summed E-state index contributed by atoms with van der Waals surface area (Å²) in [4.78, 5) is 4.92. The maximum atomic E-state index is 13.2. The highest BCUT2D eigenvalue weighted by Crippen LogP contribution is 2.09. The van der Waals surface area contributed by atoms with E-state index in [1.165, 1.54) is 12.1 Å². The third-order valence-electron chi connectivity index (χ3n) is 2.55. The minimum Gasteiger partial charge on any atom is -0.200 e. The lowest BCUT2D eigenvalue weighted by molar-refractivity contribution is 0.511. The van der Waals surface area contributed by atoms with Gasteiger partial charge in [0.25, 0.3) is 10.0 Å². The van der Waals surface area contributed by atoms with Gasteiger partial charge in [-0.3, -0.25) is 0 Å². The van der Waals surface area contributed by atoms with Gasteiger partial charge in [-0.2, -0.15) is 27.3 Å². The second-order valence-electron chi connectivity index (χ2n) is 4.18. The van der Waals surface area contributed by atoms with Crippen LogP contribution >= 0.6 is 0 Å². The van der Waals surface area contributed by atoms with Crippen molar-refractivity contribution >= 4 is 16.2 Å². The molecule has 0 aliphatic heterocycles. The lowest BCUT2D eigenvalue weighted by Gasteiger charge is -2.03. The lowest BCUT2D eigenvalue weighted by atomic mass is 10.2. The number of pyridine rings is 1. The lowest BCUT2D eigenvalue weighted by Crippen LogP contribution is -2.18. The van der Waals surface area contributed by atoms with Gasteiger partial charge in [0.1, 0.15) is 0 Å². The van der Waals surface area contributed by atoms with Crippen molar-refractivity contribution in [3.8, 4) is 0 Å². The molecule has 1 heterocycles. The second kappa shape index (κ2) is 5.96. The molecule has 0 bridgehead atoms. The van der Waals surface area contributed by atoms with Gasteiger partial charge in [0.2, 0.25) is 11.9 Å². The molecule has 0 aliphatic rings. The Bertz CT molecular complexity index is 775. The fraction of sp³-hybridized carbons (Fsp3) is 0.0769. The van der Waals surface area contributed by atoms with E-state index in [-0.39, 0.29) is 10.5 Å². The standard InChI is InChI=1S/C13H11F2N3O2S/c1-9-2-5-11(6-3-9)21(19,20)18-16-8-10-4-7-12(14)17-13(10)15/h2-8,18H,1H3. The number of nitrogens with one attached hydrogen (secondary N) is 1. The predicted octanol–water partition coefficient (Wildman–Crippen LogP) is 1.98. The van der Waals surface area contributed by atoms with Crippen LogP contribution < -0.4 is 4.83 Å². The number of nitrogens with zero attached hydrogens (tertiary/aromatic N) is 2. The van der Waals surface area contributed by atoms with Crippen LogP contribution in [0.2, 0.25) is 0 Å². The third kappa shape index (κ3) is 3.82. The summed E-state index contributed by atoms with van der Waals surface area (Å²) >= 11 is 0. The van der Waals surface area contributed by atoms with E-state index in [1.807, 2.05) is 11.8 Å². The number of rotatable bonds is 4. The van der Waals surface area contributed by atoms with Gasteiger partial charge >= 0.3 is 0 Å². The molecule has 0 spiro atoms. The molecular weight excluding hydrogens is 300 g/mol. The Kier molecular flexibility index (Phi) is 4.27. The largest absolute Gasteiger partial charge is 0.276 e. The zero-order chi connectivity index (χ0) is 15.5.